The van der Waals surface area contributed by atoms with Gasteiger partial charge in [-0.1, -0.05) is 61.8 Å². The van der Waals surface area contributed by atoms with Crippen LogP contribution in [0.3, 0.4) is 0 Å². The summed E-state index contributed by atoms with van der Waals surface area (Å²) in [5, 5.41) is 3.57. The van der Waals surface area contributed by atoms with Crippen molar-refractivity contribution in [1.82, 2.24) is 5.32 Å². The molecule has 0 unspecified atom stereocenters. The first-order valence-electron chi connectivity index (χ1n) is 8.19. The molecule has 0 fully saturated rings. The Bertz CT molecular complexity index is 671. The second-order valence-electron chi connectivity index (χ2n) is 6.32. The van der Waals surface area contributed by atoms with Crippen molar-refractivity contribution >= 4 is 17.5 Å². The van der Waals surface area contributed by atoms with Crippen molar-refractivity contribution in [3.8, 4) is 0 Å². The summed E-state index contributed by atoms with van der Waals surface area (Å²) in [6.07, 6.45) is 0. The second-order valence-corrected chi connectivity index (χ2v) is 6.75. The van der Waals surface area contributed by atoms with Crippen LogP contribution in [0.2, 0.25) is 5.02 Å². The molecule has 0 aliphatic carbocycles. The highest BCUT2D eigenvalue weighted by atomic mass is 35.5. The lowest BCUT2D eigenvalue weighted by Gasteiger charge is -2.17. The SMILES string of the molecule is CC(C)COCc1ccc(Cl)cc1C(=O)N[C@@H](C)c1ccccc1. The van der Waals surface area contributed by atoms with Crippen LogP contribution >= 0.6 is 11.6 Å². The fourth-order valence-corrected chi connectivity index (χ4v) is 2.56. The highest BCUT2D eigenvalue weighted by molar-refractivity contribution is 6.31. The van der Waals surface area contributed by atoms with Crippen LogP contribution in [0.1, 0.15) is 48.3 Å². The van der Waals surface area contributed by atoms with E-state index in [-0.39, 0.29) is 11.9 Å². The molecule has 1 N–H and O–H groups in total. The molecule has 1 atom stereocenters. The quantitative estimate of drug-likeness (QED) is 0.766. The summed E-state index contributed by atoms with van der Waals surface area (Å²) in [7, 11) is 0. The Morgan fingerprint density at radius 1 is 1.12 bits per heavy atom. The van der Waals surface area contributed by atoms with E-state index in [4.69, 9.17) is 16.3 Å². The number of hydrogen-bond donors (Lipinski definition) is 1. The van der Waals surface area contributed by atoms with Crippen molar-refractivity contribution in [3.05, 3.63) is 70.2 Å². The summed E-state index contributed by atoms with van der Waals surface area (Å²) >= 11 is 6.08. The zero-order valence-corrected chi connectivity index (χ0v) is 15.1. The molecule has 0 saturated carbocycles. The van der Waals surface area contributed by atoms with Crippen molar-refractivity contribution in [2.75, 3.05) is 6.61 Å². The average molecular weight is 346 g/mol. The van der Waals surface area contributed by atoms with Crippen molar-refractivity contribution in [1.29, 1.82) is 0 Å². The van der Waals surface area contributed by atoms with E-state index < -0.39 is 0 Å². The molecule has 3 nitrogen and oxygen atoms in total. The lowest BCUT2D eigenvalue weighted by Crippen LogP contribution is -2.27. The van der Waals surface area contributed by atoms with Gasteiger partial charge in [0.2, 0.25) is 0 Å². The summed E-state index contributed by atoms with van der Waals surface area (Å²) < 4.78 is 5.68. The van der Waals surface area contributed by atoms with Crippen LogP contribution < -0.4 is 5.32 Å². The van der Waals surface area contributed by atoms with E-state index in [0.717, 1.165) is 11.1 Å². The summed E-state index contributed by atoms with van der Waals surface area (Å²) in [6, 6.07) is 15.1. The van der Waals surface area contributed by atoms with Gasteiger partial charge in [-0.05, 0) is 36.1 Å². The molecule has 24 heavy (non-hydrogen) atoms. The standard InChI is InChI=1S/C20H24ClNO2/c1-14(2)12-24-13-17-9-10-18(21)11-19(17)20(23)22-15(3)16-7-5-4-6-8-16/h4-11,14-15H,12-13H2,1-3H3,(H,22,23)/t15-/m0/s1. The maximum atomic E-state index is 12.7. The first kappa shape index (κ1) is 18.5. The summed E-state index contributed by atoms with van der Waals surface area (Å²) in [5.74, 6) is 0.310. The maximum absolute atomic E-state index is 12.7. The van der Waals surface area contributed by atoms with Crippen molar-refractivity contribution in [3.63, 3.8) is 0 Å². The molecule has 2 rings (SSSR count). The molecular formula is C20H24ClNO2. The molecule has 4 heteroatoms. The summed E-state index contributed by atoms with van der Waals surface area (Å²) in [5.41, 5.74) is 2.47. The lowest BCUT2D eigenvalue weighted by atomic mass is 10.1. The van der Waals surface area contributed by atoms with Crippen molar-refractivity contribution in [2.24, 2.45) is 5.92 Å². The highest BCUT2D eigenvalue weighted by Gasteiger charge is 2.15. The van der Waals surface area contributed by atoms with Crippen LogP contribution in [0.5, 0.6) is 0 Å². The number of halogens is 1. The van der Waals surface area contributed by atoms with E-state index >= 15 is 0 Å². The molecule has 0 aromatic heterocycles. The molecule has 0 bridgehead atoms. The Kier molecular flexibility index (Phi) is 6.83. The van der Waals surface area contributed by atoms with Crippen LogP contribution in [0.25, 0.3) is 0 Å². The Balaban J connectivity index is 2.11. The number of carbonyl (C=O) groups is 1. The van der Waals surface area contributed by atoms with Crippen LogP contribution in [0, 0.1) is 5.92 Å². The number of amides is 1. The minimum atomic E-state index is -0.142. The Morgan fingerprint density at radius 2 is 1.83 bits per heavy atom. The van der Waals surface area contributed by atoms with E-state index in [9.17, 15) is 4.79 Å². The zero-order chi connectivity index (χ0) is 17.5. The van der Waals surface area contributed by atoms with Gasteiger partial charge in [0.15, 0.2) is 0 Å². The van der Waals surface area contributed by atoms with Crippen molar-refractivity contribution < 1.29 is 9.53 Å². The third-order valence-corrected chi connectivity index (χ3v) is 3.91. The number of benzene rings is 2. The molecule has 1 amide bonds. The predicted octanol–water partition coefficient (Wildman–Crippen LogP) is 5.00. The van der Waals surface area contributed by atoms with Gasteiger partial charge in [0.25, 0.3) is 5.91 Å². The molecule has 0 aliphatic rings. The summed E-state index contributed by atoms with van der Waals surface area (Å²) in [6.45, 7) is 7.21. The minimum absolute atomic E-state index is 0.0814. The third-order valence-electron chi connectivity index (χ3n) is 3.67. The van der Waals surface area contributed by atoms with E-state index in [2.05, 4.69) is 19.2 Å². The Morgan fingerprint density at radius 3 is 2.50 bits per heavy atom. The van der Waals surface area contributed by atoms with E-state index in [0.29, 0.717) is 29.7 Å². The Hall–Kier alpha value is -1.84. The highest BCUT2D eigenvalue weighted by Crippen LogP contribution is 2.19. The summed E-state index contributed by atoms with van der Waals surface area (Å²) in [4.78, 5) is 12.7. The van der Waals surface area contributed by atoms with Crippen molar-refractivity contribution in [2.45, 2.75) is 33.4 Å². The fraction of sp³-hybridized carbons (Fsp3) is 0.350. The number of hydrogen-bond acceptors (Lipinski definition) is 2. The molecule has 128 valence electrons. The first-order valence-corrected chi connectivity index (χ1v) is 8.57. The van der Waals surface area contributed by atoms with Gasteiger partial charge in [0.1, 0.15) is 0 Å². The number of ether oxygens (including phenoxy) is 1. The van der Waals surface area contributed by atoms with Crippen LogP contribution in [-0.2, 0) is 11.3 Å². The molecule has 2 aromatic carbocycles. The van der Waals surface area contributed by atoms with Gasteiger partial charge in [-0.3, -0.25) is 4.79 Å². The largest absolute Gasteiger partial charge is 0.376 e. The van der Waals surface area contributed by atoms with Gasteiger partial charge < -0.3 is 10.1 Å². The molecule has 0 heterocycles. The minimum Gasteiger partial charge on any atom is -0.376 e. The second kappa shape index (κ2) is 8.86. The van der Waals surface area contributed by atoms with Gasteiger partial charge in [0.05, 0.1) is 12.6 Å². The van der Waals surface area contributed by atoms with Crippen LogP contribution in [-0.4, -0.2) is 12.5 Å². The van der Waals surface area contributed by atoms with Gasteiger partial charge in [0, 0.05) is 17.2 Å². The number of nitrogens with one attached hydrogen (secondary N) is 1. The zero-order valence-electron chi connectivity index (χ0n) is 14.4. The van der Waals surface area contributed by atoms with E-state index in [1.54, 1.807) is 12.1 Å². The smallest absolute Gasteiger partial charge is 0.252 e. The Labute approximate surface area is 149 Å². The number of rotatable bonds is 7. The average Bonchev–Trinajstić information content (AvgIpc) is 2.56. The van der Waals surface area contributed by atoms with E-state index in [1.165, 1.54) is 0 Å². The topological polar surface area (TPSA) is 38.3 Å². The molecule has 0 spiro atoms. The van der Waals surface area contributed by atoms with Crippen LogP contribution in [0.4, 0.5) is 0 Å². The maximum Gasteiger partial charge on any atom is 0.252 e. The molecular weight excluding hydrogens is 322 g/mol. The monoisotopic (exact) mass is 345 g/mol. The normalized spacial score (nSPS) is 12.2. The van der Waals surface area contributed by atoms with Gasteiger partial charge in [-0.2, -0.15) is 0 Å². The molecule has 0 aliphatic heterocycles. The molecule has 0 saturated heterocycles. The predicted molar refractivity (Wildman–Crippen MR) is 98.3 cm³/mol. The third kappa shape index (κ3) is 5.36. The molecule has 2 aromatic rings. The van der Waals surface area contributed by atoms with Gasteiger partial charge in [-0.15, -0.1) is 0 Å². The van der Waals surface area contributed by atoms with Gasteiger partial charge in [-0.25, -0.2) is 0 Å². The number of carbonyl (C=O) groups excluding carboxylic acids is 1. The fourth-order valence-electron chi connectivity index (χ4n) is 2.39. The molecule has 0 radical (unpaired) electrons. The van der Waals surface area contributed by atoms with Gasteiger partial charge >= 0.3 is 0 Å². The van der Waals surface area contributed by atoms with E-state index in [1.807, 2.05) is 43.3 Å². The van der Waals surface area contributed by atoms with Crippen LogP contribution in [0.15, 0.2) is 48.5 Å². The first-order chi connectivity index (χ1) is 11.5. The lowest BCUT2D eigenvalue weighted by molar-refractivity contribution is 0.0895.